The predicted molar refractivity (Wildman–Crippen MR) is 74.6 cm³/mol. The van der Waals surface area contributed by atoms with Crippen molar-refractivity contribution in [3.63, 3.8) is 0 Å². The zero-order valence-electron chi connectivity index (χ0n) is 11.4. The Morgan fingerprint density at radius 2 is 2.00 bits per heavy atom. The summed E-state index contributed by atoms with van der Waals surface area (Å²) in [6.07, 6.45) is 0. The molecule has 0 amide bonds. The molecule has 0 unspecified atom stereocenters. The number of rotatable bonds is 4. The Balaban J connectivity index is 2.28. The van der Waals surface area contributed by atoms with E-state index in [1.165, 1.54) is 12.1 Å². The van der Waals surface area contributed by atoms with Gasteiger partial charge in [-0.3, -0.25) is 9.82 Å². The highest BCUT2D eigenvalue weighted by atomic mass is 32.2. The van der Waals surface area contributed by atoms with Crippen LogP contribution >= 0.6 is 0 Å². The number of aryl methyl sites for hydroxylation is 1. The zero-order valence-corrected chi connectivity index (χ0v) is 12.3. The molecule has 20 heavy (non-hydrogen) atoms. The van der Waals surface area contributed by atoms with Gasteiger partial charge in [0.25, 0.3) is 10.0 Å². The minimum absolute atomic E-state index is 0.130. The molecule has 2 N–H and O–H groups in total. The number of halogens is 1. The lowest BCUT2D eigenvalue weighted by Crippen LogP contribution is -2.13. The van der Waals surface area contributed by atoms with Crippen molar-refractivity contribution in [3.05, 3.63) is 41.3 Å². The molecule has 0 fully saturated rings. The third kappa shape index (κ3) is 2.98. The van der Waals surface area contributed by atoms with Gasteiger partial charge in [-0.05, 0) is 30.5 Å². The number of sulfonamides is 1. The van der Waals surface area contributed by atoms with Crippen molar-refractivity contribution in [2.75, 3.05) is 4.72 Å². The van der Waals surface area contributed by atoms with Crippen LogP contribution in [0.4, 0.5) is 10.2 Å². The predicted octanol–water partition coefficient (Wildman–Crippen LogP) is 2.78. The average Bonchev–Trinajstić information content (AvgIpc) is 2.80. The maximum Gasteiger partial charge on any atom is 0.263 e. The maximum atomic E-state index is 13.4. The molecule has 2 aromatic rings. The topological polar surface area (TPSA) is 74.8 Å². The number of nitrogens with one attached hydrogen (secondary N) is 2. The first kappa shape index (κ1) is 14.5. The molecule has 0 aliphatic heterocycles. The number of aromatic nitrogens is 2. The van der Waals surface area contributed by atoms with Crippen molar-refractivity contribution in [2.45, 2.75) is 31.6 Å². The molecule has 0 radical (unpaired) electrons. The van der Waals surface area contributed by atoms with Crippen molar-refractivity contribution in [1.82, 2.24) is 10.2 Å². The van der Waals surface area contributed by atoms with Crippen molar-refractivity contribution in [1.29, 1.82) is 0 Å². The number of hydrogen-bond acceptors (Lipinski definition) is 3. The largest absolute Gasteiger partial charge is 0.280 e. The highest BCUT2D eigenvalue weighted by Crippen LogP contribution is 2.19. The van der Waals surface area contributed by atoms with Gasteiger partial charge in [0, 0.05) is 11.8 Å². The van der Waals surface area contributed by atoms with Gasteiger partial charge in [-0.1, -0.05) is 19.9 Å². The summed E-state index contributed by atoms with van der Waals surface area (Å²) in [5.74, 6) is -0.162. The Kier molecular flexibility index (Phi) is 3.80. The summed E-state index contributed by atoms with van der Waals surface area (Å²) in [7, 11) is -3.84. The van der Waals surface area contributed by atoms with E-state index in [0.717, 1.165) is 11.8 Å². The van der Waals surface area contributed by atoms with Crippen LogP contribution in [-0.4, -0.2) is 18.6 Å². The molecule has 0 aliphatic rings. The Labute approximate surface area is 117 Å². The third-order valence-electron chi connectivity index (χ3n) is 2.91. The Morgan fingerprint density at radius 1 is 1.30 bits per heavy atom. The number of aromatic amines is 1. The summed E-state index contributed by atoms with van der Waals surface area (Å²) in [4.78, 5) is -0.130. The van der Waals surface area contributed by atoms with Gasteiger partial charge in [0.05, 0.1) is 4.90 Å². The highest BCUT2D eigenvalue weighted by Gasteiger charge is 2.17. The normalized spacial score (nSPS) is 11.8. The molecule has 0 saturated heterocycles. The summed E-state index contributed by atoms with van der Waals surface area (Å²) in [5, 5.41) is 6.63. The number of nitrogens with zero attached hydrogens (tertiary/aromatic N) is 1. The van der Waals surface area contributed by atoms with Crippen LogP contribution in [0.2, 0.25) is 0 Å². The molecule has 1 heterocycles. The lowest BCUT2D eigenvalue weighted by atomic mass is 10.1. The summed E-state index contributed by atoms with van der Waals surface area (Å²) in [5.41, 5.74) is 1.21. The van der Waals surface area contributed by atoms with Crippen LogP contribution in [0.25, 0.3) is 0 Å². The van der Waals surface area contributed by atoms with Crippen molar-refractivity contribution in [3.8, 4) is 0 Å². The van der Waals surface area contributed by atoms with Gasteiger partial charge in [0.1, 0.15) is 5.82 Å². The molecule has 0 atom stereocenters. The number of anilines is 1. The van der Waals surface area contributed by atoms with Crippen LogP contribution in [-0.2, 0) is 10.0 Å². The minimum Gasteiger partial charge on any atom is -0.280 e. The van der Waals surface area contributed by atoms with E-state index in [1.54, 1.807) is 13.0 Å². The van der Waals surface area contributed by atoms with E-state index in [0.29, 0.717) is 5.56 Å². The van der Waals surface area contributed by atoms with Gasteiger partial charge in [-0.25, -0.2) is 12.8 Å². The molecular formula is C13H16FN3O2S. The van der Waals surface area contributed by atoms with Gasteiger partial charge < -0.3 is 0 Å². The molecule has 0 saturated carbocycles. The molecule has 7 heteroatoms. The Hall–Kier alpha value is -1.89. The second kappa shape index (κ2) is 5.24. The smallest absolute Gasteiger partial charge is 0.263 e. The van der Waals surface area contributed by atoms with E-state index in [-0.39, 0.29) is 16.6 Å². The standard InChI is InChI=1S/C13H16FN3O2S/c1-8(2)12-7-13(16-15-12)17-20(18,19)10-5-4-9(3)11(14)6-10/h4-8H,1-3H3,(H2,15,16,17). The van der Waals surface area contributed by atoms with Crippen molar-refractivity contribution < 1.29 is 12.8 Å². The zero-order chi connectivity index (χ0) is 14.9. The summed E-state index contributed by atoms with van der Waals surface area (Å²) in [6.45, 7) is 5.49. The number of hydrogen-bond donors (Lipinski definition) is 2. The Bertz CT molecular complexity index is 723. The fourth-order valence-electron chi connectivity index (χ4n) is 1.62. The molecule has 2 rings (SSSR count). The van der Waals surface area contributed by atoms with Gasteiger partial charge in [-0.15, -0.1) is 0 Å². The van der Waals surface area contributed by atoms with E-state index in [2.05, 4.69) is 14.9 Å². The molecule has 1 aromatic heterocycles. The van der Waals surface area contributed by atoms with Gasteiger partial charge in [-0.2, -0.15) is 5.10 Å². The van der Waals surface area contributed by atoms with Gasteiger partial charge >= 0.3 is 0 Å². The van der Waals surface area contributed by atoms with E-state index >= 15 is 0 Å². The first-order valence-electron chi connectivity index (χ1n) is 6.14. The Morgan fingerprint density at radius 3 is 2.55 bits per heavy atom. The van der Waals surface area contributed by atoms with Gasteiger partial charge in [0.2, 0.25) is 0 Å². The van der Waals surface area contributed by atoms with Crippen LogP contribution in [0.1, 0.15) is 31.0 Å². The minimum atomic E-state index is -3.84. The van der Waals surface area contributed by atoms with E-state index in [9.17, 15) is 12.8 Å². The quantitative estimate of drug-likeness (QED) is 0.911. The SMILES string of the molecule is Cc1ccc(S(=O)(=O)Nc2cc(C(C)C)[nH]n2)cc1F. The fourth-order valence-corrected chi connectivity index (χ4v) is 2.63. The average molecular weight is 297 g/mol. The molecule has 1 aromatic carbocycles. The second-order valence-electron chi connectivity index (χ2n) is 4.88. The fraction of sp³-hybridized carbons (Fsp3) is 0.308. The first-order chi connectivity index (χ1) is 9.29. The van der Waals surface area contributed by atoms with E-state index < -0.39 is 15.8 Å². The van der Waals surface area contributed by atoms with Crippen LogP contribution in [0.3, 0.4) is 0 Å². The first-order valence-corrected chi connectivity index (χ1v) is 7.62. The summed E-state index contributed by atoms with van der Waals surface area (Å²) >= 11 is 0. The lowest BCUT2D eigenvalue weighted by molar-refractivity contribution is 0.593. The second-order valence-corrected chi connectivity index (χ2v) is 6.56. The van der Waals surface area contributed by atoms with E-state index in [4.69, 9.17) is 0 Å². The number of benzene rings is 1. The summed E-state index contributed by atoms with van der Waals surface area (Å²) in [6, 6.07) is 5.39. The van der Waals surface area contributed by atoms with Crippen LogP contribution in [0, 0.1) is 12.7 Å². The van der Waals surface area contributed by atoms with Crippen LogP contribution in [0.5, 0.6) is 0 Å². The van der Waals surface area contributed by atoms with Crippen LogP contribution in [0.15, 0.2) is 29.2 Å². The third-order valence-corrected chi connectivity index (χ3v) is 4.26. The lowest BCUT2D eigenvalue weighted by Gasteiger charge is -2.06. The number of H-pyrrole nitrogens is 1. The molecular weight excluding hydrogens is 281 g/mol. The molecule has 0 spiro atoms. The van der Waals surface area contributed by atoms with Gasteiger partial charge in [0.15, 0.2) is 5.82 Å². The van der Waals surface area contributed by atoms with Crippen molar-refractivity contribution >= 4 is 15.8 Å². The maximum absolute atomic E-state index is 13.4. The summed E-state index contributed by atoms with van der Waals surface area (Å²) < 4.78 is 40.0. The molecule has 108 valence electrons. The molecule has 0 aliphatic carbocycles. The van der Waals surface area contributed by atoms with E-state index in [1.807, 2.05) is 13.8 Å². The van der Waals surface area contributed by atoms with Crippen LogP contribution < -0.4 is 4.72 Å². The van der Waals surface area contributed by atoms with Crippen molar-refractivity contribution in [2.24, 2.45) is 0 Å². The monoisotopic (exact) mass is 297 g/mol. The molecule has 5 nitrogen and oxygen atoms in total. The molecule has 0 bridgehead atoms. The highest BCUT2D eigenvalue weighted by molar-refractivity contribution is 7.92.